The van der Waals surface area contributed by atoms with Crippen LogP contribution in [0.4, 0.5) is 0 Å². The zero-order valence-corrected chi connectivity index (χ0v) is 17.1. The van der Waals surface area contributed by atoms with Gasteiger partial charge >= 0.3 is 0 Å². The molecule has 0 N–H and O–H groups in total. The van der Waals surface area contributed by atoms with E-state index in [0.717, 1.165) is 16.9 Å². The van der Waals surface area contributed by atoms with E-state index in [4.69, 9.17) is 13.6 Å². The van der Waals surface area contributed by atoms with Crippen LogP contribution in [0.1, 0.15) is 30.6 Å². The molecule has 8 heteroatoms. The molecular weight excluding hydrogens is 388 g/mol. The van der Waals surface area contributed by atoms with Gasteiger partial charge in [0.2, 0.25) is 17.7 Å². The summed E-state index contributed by atoms with van der Waals surface area (Å²) in [6, 6.07) is 15.5. The smallest absolute Gasteiger partial charge is 0.277 e. The Bertz CT molecular complexity index is 1070. The topological polar surface area (TPSA) is 87.1 Å². The van der Waals surface area contributed by atoms with Crippen molar-refractivity contribution >= 4 is 11.8 Å². The molecule has 7 nitrogen and oxygen atoms in total. The van der Waals surface area contributed by atoms with Crippen LogP contribution in [0.25, 0.3) is 22.9 Å². The lowest BCUT2D eigenvalue weighted by atomic mass is 10.1. The van der Waals surface area contributed by atoms with Crippen molar-refractivity contribution in [3.63, 3.8) is 0 Å². The molecule has 4 rings (SSSR count). The van der Waals surface area contributed by atoms with Gasteiger partial charge in [0.15, 0.2) is 0 Å². The van der Waals surface area contributed by atoms with E-state index >= 15 is 0 Å². The lowest BCUT2D eigenvalue weighted by Crippen LogP contribution is -1.90. The lowest BCUT2D eigenvalue weighted by Gasteiger charge is -2.03. The number of hydrogen-bond donors (Lipinski definition) is 0. The molecule has 148 valence electrons. The molecule has 0 aliphatic rings. The number of rotatable bonds is 7. The largest absolute Gasteiger partial charge is 0.494 e. The van der Waals surface area contributed by atoms with E-state index in [0.29, 0.717) is 29.5 Å². The summed E-state index contributed by atoms with van der Waals surface area (Å²) in [6.07, 6.45) is 0. The maximum atomic E-state index is 5.82. The molecule has 2 aromatic carbocycles. The van der Waals surface area contributed by atoms with E-state index in [1.54, 1.807) is 0 Å². The quantitative estimate of drug-likeness (QED) is 0.378. The molecule has 0 saturated carbocycles. The van der Waals surface area contributed by atoms with Gasteiger partial charge in [-0.3, -0.25) is 0 Å². The normalized spacial score (nSPS) is 12.1. The number of aromatic nitrogens is 4. The van der Waals surface area contributed by atoms with Crippen molar-refractivity contribution < 1.29 is 13.6 Å². The molecule has 4 aromatic rings. The van der Waals surface area contributed by atoms with Crippen LogP contribution < -0.4 is 4.74 Å². The SMILES string of the molecule is CCOc1ccc(-c2nnc(S[C@@H](C)c3nnc(-c4ccc(C)cc4)o3)o2)cc1. The summed E-state index contributed by atoms with van der Waals surface area (Å²) >= 11 is 1.37. The molecular formula is C21H20N4O3S. The van der Waals surface area contributed by atoms with Gasteiger partial charge in [-0.2, -0.15) is 0 Å². The third-order valence-corrected chi connectivity index (χ3v) is 5.11. The van der Waals surface area contributed by atoms with Crippen molar-refractivity contribution in [1.29, 1.82) is 0 Å². The fourth-order valence-electron chi connectivity index (χ4n) is 2.65. The Morgan fingerprint density at radius 3 is 2.17 bits per heavy atom. The van der Waals surface area contributed by atoms with Crippen LogP contribution in [-0.4, -0.2) is 27.0 Å². The predicted octanol–water partition coefficient (Wildman–Crippen LogP) is 5.35. The van der Waals surface area contributed by atoms with Crippen LogP contribution >= 0.6 is 11.8 Å². The number of benzene rings is 2. The Morgan fingerprint density at radius 1 is 0.862 bits per heavy atom. The minimum absolute atomic E-state index is 0.129. The summed E-state index contributed by atoms with van der Waals surface area (Å²) in [5.74, 6) is 2.26. The highest BCUT2D eigenvalue weighted by Gasteiger charge is 2.20. The van der Waals surface area contributed by atoms with Gasteiger partial charge in [-0.05, 0) is 57.2 Å². The monoisotopic (exact) mass is 408 g/mol. The number of hydrogen-bond acceptors (Lipinski definition) is 8. The van der Waals surface area contributed by atoms with E-state index in [9.17, 15) is 0 Å². The Hall–Kier alpha value is -3.13. The van der Waals surface area contributed by atoms with Crippen LogP contribution in [0.5, 0.6) is 5.75 Å². The van der Waals surface area contributed by atoms with Crippen molar-refractivity contribution in [3.8, 4) is 28.7 Å². The summed E-state index contributed by atoms with van der Waals surface area (Å²) in [5.41, 5.74) is 2.90. The van der Waals surface area contributed by atoms with Crippen molar-refractivity contribution in [2.24, 2.45) is 0 Å². The Labute approximate surface area is 172 Å². The molecule has 0 radical (unpaired) electrons. The molecule has 2 heterocycles. The zero-order chi connectivity index (χ0) is 20.2. The predicted molar refractivity (Wildman–Crippen MR) is 110 cm³/mol. The number of aryl methyl sites for hydroxylation is 1. The second kappa shape index (κ2) is 8.48. The first-order valence-corrected chi connectivity index (χ1v) is 10.1. The van der Waals surface area contributed by atoms with Gasteiger partial charge in [0.1, 0.15) is 5.75 Å². The Morgan fingerprint density at radius 2 is 1.48 bits per heavy atom. The van der Waals surface area contributed by atoms with Gasteiger partial charge in [0, 0.05) is 11.1 Å². The molecule has 1 atom stereocenters. The summed E-state index contributed by atoms with van der Waals surface area (Å²) in [4.78, 5) is 0. The third kappa shape index (κ3) is 4.48. The lowest BCUT2D eigenvalue weighted by molar-refractivity contribution is 0.340. The molecule has 0 saturated heterocycles. The van der Waals surface area contributed by atoms with E-state index in [1.807, 2.05) is 69.3 Å². The van der Waals surface area contributed by atoms with Crippen LogP contribution in [-0.2, 0) is 0 Å². The summed E-state index contributed by atoms with van der Waals surface area (Å²) < 4.78 is 17.0. The highest BCUT2D eigenvalue weighted by molar-refractivity contribution is 7.99. The fraction of sp³-hybridized carbons (Fsp3) is 0.238. The standard InChI is InChI=1S/C21H20N4O3S/c1-4-26-17-11-9-16(10-12-17)20-24-25-21(28-20)29-14(3)18-22-23-19(27-18)15-7-5-13(2)6-8-15/h5-12,14H,4H2,1-3H3/t14-/m0/s1. The molecule has 2 aromatic heterocycles. The molecule has 0 bridgehead atoms. The Balaban J connectivity index is 1.44. The minimum Gasteiger partial charge on any atom is -0.494 e. The maximum absolute atomic E-state index is 5.82. The van der Waals surface area contributed by atoms with E-state index in [-0.39, 0.29) is 5.25 Å². The molecule has 0 amide bonds. The second-order valence-corrected chi connectivity index (χ2v) is 7.69. The van der Waals surface area contributed by atoms with Crippen LogP contribution in [0.3, 0.4) is 0 Å². The van der Waals surface area contributed by atoms with E-state index in [2.05, 4.69) is 20.4 Å². The van der Waals surface area contributed by atoms with Crippen LogP contribution in [0, 0.1) is 6.92 Å². The average molecular weight is 408 g/mol. The summed E-state index contributed by atoms with van der Waals surface area (Å²) in [7, 11) is 0. The van der Waals surface area contributed by atoms with Gasteiger partial charge in [0.05, 0.1) is 11.9 Å². The number of ether oxygens (including phenoxy) is 1. The first-order chi connectivity index (χ1) is 14.1. The van der Waals surface area contributed by atoms with Crippen molar-refractivity contribution in [3.05, 3.63) is 60.0 Å². The van der Waals surface area contributed by atoms with Crippen LogP contribution in [0.15, 0.2) is 62.6 Å². The van der Waals surface area contributed by atoms with Crippen molar-refractivity contribution in [2.75, 3.05) is 6.61 Å². The molecule has 0 aliphatic heterocycles. The van der Waals surface area contributed by atoms with Gasteiger partial charge in [-0.25, -0.2) is 0 Å². The van der Waals surface area contributed by atoms with Gasteiger partial charge in [-0.1, -0.05) is 29.5 Å². The minimum atomic E-state index is -0.129. The first-order valence-electron chi connectivity index (χ1n) is 9.26. The van der Waals surface area contributed by atoms with Crippen LogP contribution in [0.2, 0.25) is 0 Å². The molecule has 29 heavy (non-hydrogen) atoms. The highest BCUT2D eigenvalue weighted by atomic mass is 32.2. The molecule has 0 unspecified atom stereocenters. The molecule has 0 fully saturated rings. The van der Waals surface area contributed by atoms with Gasteiger partial charge < -0.3 is 13.6 Å². The summed E-state index contributed by atoms with van der Waals surface area (Å²) in [5, 5.41) is 16.9. The van der Waals surface area contributed by atoms with Gasteiger partial charge in [0.25, 0.3) is 5.22 Å². The fourth-order valence-corrected chi connectivity index (χ4v) is 3.36. The third-order valence-electron chi connectivity index (χ3n) is 4.18. The van der Waals surface area contributed by atoms with Crippen molar-refractivity contribution in [1.82, 2.24) is 20.4 Å². The molecule has 0 spiro atoms. The van der Waals surface area contributed by atoms with E-state index in [1.165, 1.54) is 17.3 Å². The zero-order valence-electron chi connectivity index (χ0n) is 16.3. The highest BCUT2D eigenvalue weighted by Crippen LogP contribution is 2.35. The number of thioether (sulfide) groups is 1. The summed E-state index contributed by atoms with van der Waals surface area (Å²) in [6.45, 7) is 6.56. The molecule has 0 aliphatic carbocycles. The maximum Gasteiger partial charge on any atom is 0.277 e. The first kappa shape index (κ1) is 19.2. The average Bonchev–Trinajstić information content (AvgIpc) is 3.39. The second-order valence-electron chi connectivity index (χ2n) is 6.40. The Kier molecular flexibility index (Phi) is 5.62. The van der Waals surface area contributed by atoms with Crippen molar-refractivity contribution in [2.45, 2.75) is 31.2 Å². The van der Waals surface area contributed by atoms with E-state index < -0.39 is 0 Å². The number of nitrogens with zero attached hydrogens (tertiary/aromatic N) is 4. The van der Waals surface area contributed by atoms with Gasteiger partial charge in [-0.15, -0.1) is 20.4 Å².